The fourth-order valence-electron chi connectivity index (χ4n) is 1.43. The van der Waals surface area contributed by atoms with Crippen molar-refractivity contribution >= 4 is 27.3 Å². The maximum atomic E-state index is 12.9. The van der Waals surface area contributed by atoms with Gasteiger partial charge in [0.2, 0.25) is 0 Å². The Hall–Kier alpha value is -0.870. The highest BCUT2D eigenvalue weighted by molar-refractivity contribution is 9.10. The van der Waals surface area contributed by atoms with Gasteiger partial charge in [-0.1, -0.05) is 6.92 Å². The highest BCUT2D eigenvalue weighted by Gasteiger charge is 2.04. The number of benzene rings is 1. The average Bonchev–Trinajstić information content (AvgIpc) is 2.76. The molecule has 1 nitrogen and oxygen atoms in total. The molecule has 0 radical (unpaired) electrons. The van der Waals surface area contributed by atoms with Crippen LogP contribution in [0.3, 0.4) is 0 Å². The van der Waals surface area contributed by atoms with Crippen molar-refractivity contribution in [3.8, 4) is 5.75 Å². The number of halogens is 2. The molecular formula is C13H12BrFOS. The summed E-state index contributed by atoms with van der Waals surface area (Å²) in [6, 6.07) is 8.62. The molecule has 0 N–H and O–H groups in total. The van der Waals surface area contributed by atoms with E-state index >= 15 is 0 Å². The van der Waals surface area contributed by atoms with Crippen LogP contribution in [-0.2, 0) is 13.0 Å². The zero-order valence-electron chi connectivity index (χ0n) is 9.37. The summed E-state index contributed by atoms with van der Waals surface area (Å²) in [5, 5.41) is 0. The number of hydrogen-bond acceptors (Lipinski definition) is 2. The minimum atomic E-state index is -0.270. The van der Waals surface area contributed by atoms with Gasteiger partial charge >= 0.3 is 0 Å². The first-order valence-electron chi connectivity index (χ1n) is 5.34. The Labute approximate surface area is 112 Å². The third kappa shape index (κ3) is 3.30. The quantitative estimate of drug-likeness (QED) is 0.788. The van der Waals surface area contributed by atoms with Gasteiger partial charge in [-0.15, -0.1) is 11.3 Å². The summed E-state index contributed by atoms with van der Waals surface area (Å²) in [6.07, 6.45) is 1.05. The van der Waals surface area contributed by atoms with Gasteiger partial charge in [-0.25, -0.2) is 4.39 Å². The van der Waals surface area contributed by atoms with Crippen molar-refractivity contribution in [3.63, 3.8) is 0 Å². The summed E-state index contributed by atoms with van der Waals surface area (Å²) >= 11 is 5.02. The molecule has 0 saturated heterocycles. The smallest absolute Gasteiger partial charge is 0.134 e. The van der Waals surface area contributed by atoms with Crippen LogP contribution in [0.4, 0.5) is 4.39 Å². The lowest BCUT2D eigenvalue weighted by Crippen LogP contribution is -1.93. The molecule has 1 aromatic heterocycles. The first kappa shape index (κ1) is 12.6. The van der Waals surface area contributed by atoms with Gasteiger partial charge in [0, 0.05) is 9.75 Å². The number of rotatable bonds is 4. The molecular weight excluding hydrogens is 303 g/mol. The minimum Gasteiger partial charge on any atom is -0.487 e. The Kier molecular flexibility index (Phi) is 4.18. The van der Waals surface area contributed by atoms with E-state index < -0.39 is 0 Å². The van der Waals surface area contributed by atoms with Gasteiger partial charge in [-0.05, 0) is 52.7 Å². The molecule has 2 aromatic rings. The lowest BCUT2D eigenvalue weighted by molar-refractivity contribution is 0.307. The Morgan fingerprint density at radius 2 is 2.00 bits per heavy atom. The van der Waals surface area contributed by atoms with Gasteiger partial charge in [0.05, 0.1) is 4.47 Å². The van der Waals surface area contributed by atoms with Gasteiger partial charge in [-0.2, -0.15) is 0 Å². The number of ether oxygens (including phenoxy) is 1. The molecule has 17 heavy (non-hydrogen) atoms. The van der Waals surface area contributed by atoms with Crippen LogP contribution in [0, 0.1) is 5.82 Å². The van der Waals surface area contributed by atoms with Crippen LogP contribution in [0.5, 0.6) is 5.75 Å². The Bertz CT molecular complexity index is 510. The van der Waals surface area contributed by atoms with Crippen molar-refractivity contribution in [1.29, 1.82) is 0 Å². The molecule has 0 fully saturated rings. The Morgan fingerprint density at radius 3 is 2.65 bits per heavy atom. The van der Waals surface area contributed by atoms with Crippen molar-refractivity contribution in [3.05, 3.63) is 50.4 Å². The predicted octanol–water partition coefficient (Wildman–Crippen LogP) is 4.79. The van der Waals surface area contributed by atoms with Crippen molar-refractivity contribution in [2.24, 2.45) is 0 Å². The maximum absolute atomic E-state index is 12.9. The van der Waals surface area contributed by atoms with Crippen LogP contribution in [0.25, 0.3) is 0 Å². The normalized spacial score (nSPS) is 10.5. The molecule has 0 aliphatic rings. The molecule has 0 aliphatic carbocycles. The molecule has 0 saturated carbocycles. The van der Waals surface area contributed by atoms with E-state index in [0.29, 0.717) is 16.8 Å². The third-order valence-electron chi connectivity index (χ3n) is 2.33. The third-order valence-corrected chi connectivity index (χ3v) is 4.15. The lowest BCUT2D eigenvalue weighted by Gasteiger charge is -2.06. The zero-order valence-corrected chi connectivity index (χ0v) is 11.8. The second-order valence-electron chi connectivity index (χ2n) is 3.58. The minimum absolute atomic E-state index is 0.270. The Morgan fingerprint density at radius 1 is 1.24 bits per heavy atom. The molecule has 0 atom stereocenters. The van der Waals surface area contributed by atoms with E-state index in [1.807, 2.05) is 0 Å². The molecule has 0 amide bonds. The summed E-state index contributed by atoms with van der Waals surface area (Å²) < 4.78 is 19.2. The van der Waals surface area contributed by atoms with E-state index in [1.165, 1.54) is 21.9 Å². The molecule has 0 bridgehead atoms. The number of thiophene rings is 1. The van der Waals surface area contributed by atoms with Crippen molar-refractivity contribution in [2.75, 3.05) is 0 Å². The second-order valence-corrected chi connectivity index (χ2v) is 5.69. The monoisotopic (exact) mass is 314 g/mol. The number of hydrogen-bond donors (Lipinski definition) is 0. The fourth-order valence-corrected chi connectivity index (χ4v) is 2.77. The zero-order chi connectivity index (χ0) is 12.3. The van der Waals surface area contributed by atoms with Gasteiger partial charge in [0.15, 0.2) is 0 Å². The van der Waals surface area contributed by atoms with Crippen molar-refractivity contribution in [2.45, 2.75) is 20.0 Å². The summed E-state index contributed by atoms with van der Waals surface area (Å²) in [6.45, 7) is 2.65. The van der Waals surface area contributed by atoms with Crippen molar-refractivity contribution < 1.29 is 9.13 Å². The van der Waals surface area contributed by atoms with Gasteiger partial charge < -0.3 is 4.74 Å². The lowest BCUT2D eigenvalue weighted by atomic mass is 10.3. The Balaban J connectivity index is 2.02. The molecule has 0 spiro atoms. The molecule has 1 heterocycles. The fraction of sp³-hybridized carbons (Fsp3) is 0.231. The van der Waals surface area contributed by atoms with Crippen LogP contribution in [0.2, 0.25) is 0 Å². The van der Waals surface area contributed by atoms with E-state index in [4.69, 9.17) is 4.74 Å². The summed E-state index contributed by atoms with van der Waals surface area (Å²) in [4.78, 5) is 2.53. The van der Waals surface area contributed by atoms with Crippen LogP contribution < -0.4 is 4.74 Å². The van der Waals surface area contributed by atoms with E-state index in [-0.39, 0.29) is 5.82 Å². The maximum Gasteiger partial charge on any atom is 0.134 e. The van der Waals surface area contributed by atoms with E-state index in [1.54, 1.807) is 17.4 Å². The summed E-state index contributed by atoms with van der Waals surface area (Å²) in [5.41, 5.74) is 0. The van der Waals surface area contributed by atoms with Gasteiger partial charge in [0.1, 0.15) is 18.2 Å². The molecule has 90 valence electrons. The first-order chi connectivity index (χ1) is 8.19. The van der Waals surface area contributed by atoms with Gasteiger partial charge in [0.25, 0.3) is 0 Å². The highest BCUT2D eigenvalue weighted by atomic mass is 79.9. The van der Waals surface area contributed by atoms with E-state index in [2.05, 4.69) is 35.0 Å². The van der Waals surface area contributed by atoms with Crippen LogP contribution in [0.1, 0.15) is 16.7 Å². The average molecular weight is 315 g/mol. The van der Waals surface area contributed by atoms with Crippen LogP contribution in [0.15, 0.2) is 34.8 Å². The molecule has 1 aromatic carbocycles. The number of aryl methyl sites for hydroxylation is 1. The first-order valence-corrected chi connectivity index (χ1v) is 6.95. The van der Waals surface area contributed by atoms with Gasteiger partial charge in [-0.3, -0.25) is 0 Å². The SMILES string of the molecule is CCc1ccc(COc2ccc(F)cc2Br)s1. The highest BCUT2D eigenvalue weighted by Crippen LogP contribution is 2.27. The van der Waals surface area contributed by atoms with Crippen molar-refractivity contribution in [1.82, 2.24) is 0 Å². The molecule has 2 rings (SSSR count). The standard InChI is InChI=1S/C13H12BrFOS/c1-2-10-4-5-11(17-10)8-16-13-6-3-9(15)7-12(13)14/h3-7H,2,8H2,1H3. The summed E-state index contributed by atoms with van der Waals surface area (Å²) in [5.74, 6) is 0.395. The topological polar surface area (TPSA) is 9.23 Å². The largest absolute Gasteiger partial charge is 0.487 e. The molecule has 0 unspecified atom stereocenters. The summed E-state index contributed by atoms with van der Waals surface area (Å²) in [7, 11) is 0. The predicted molar refractivity (Wildman–Crippen MR) is 72.1 cm³/mol. The van der Waals surface area contributed by atoms with E-state index in [0.717, 1.165) is 6.42 Å². The van der Waals surface area contributed by atoms with Crippen LogP contribution in [-0.4, -0.2) is 0 Å². The van der Waals surface area contributed by atoms with E-state index in [9.17, 15) is 4.39 Å². The molecule has 0 aliphatic heterocycles. The second kappa shape index (κ2) is 5.65. The van der Waals surface area contributed by atoms with Crippen LogP contribution >= 0.6 is 27.3 Å². The molecule has 4 heteroatoms.